The van der Waals surface area contributed by atoms with Crippen LogP contribution in [0.3, 0.4) is 0 Å². The zero-order valence-corrected chi connectivity index (χ0v) is 21.6. The van der Waals surface area contributed by atoms with Gasteiger partial charge < -0.3 is 10.7 Å². The number of pyridine rings is 1. The third kappa shape index (κ3) is 5.64. The summed E-state index contributed by atoms with van der Waals surface area (Å²) in [5.74, 6) is 0.101. The van der Waals surface area contributed by atoms with E-state index in [0.29, 0.717) is 31.1 Å². The fourth-order valence-corrected chi connectivity index (χ4v) is 6.06. The molecule has 4 rings (SSSR count). The zero-order valence-electron chi connectivity index (χ0n) is 20.8. The van der Waals surface area contributed by atoms with Crippen molar-refractivity contribution in [3.8, 4) is 0 Å². The number of piperazine rings is 1. The topological polar surface area (TPSA) is 89.4 Å². The van der Waals surface area contributed by atoms with Crippen LogP contribution in [0.2, 0.25) is 0 Å². The summed E-state index contributed by atoms with van der Waals surface area (Å²) < 4.78 is 41.6. The molecule has 2 N–H and O–H groups in total. The molecule has 190 valence electrons. The van der Waals surface area contributed by atoms with Gasteiger partial charge in [0.25, 0.3) is 0 Å². The predicted octanol–water partition coefficient (Wildman–Crippen LogP) is 4.97. The number of nitrogens with one attached hydrogen (secondary N) is 2. The van der Waals surface area contributed by atoms with Crippen molar-refractivity contribution in [1.29, 1.82) is 5.41 Å². The number of halogens is 1. The normalized spacial score (nSPS) is 17.3. The molecule has 3 aromatic rings. The Morgan fingerprint density at radius 2 is 1.94 bits per heavy atom. The molecule has 0 bridgehead atoms. The van der Waals surface area contributed by atoms with Crippen molar-refractivity contribution in [2.45, 2.75) is 31.7 Å². The van der Waals surface area contributed by atoms with Gasteiger partial charge >= 0.3 is 0 Å². The fraction of sp³-hybridized carbons (Fsp3) is 0.333. The number of rotatable bonds is 8. The second-order valence-electron chi connectivity index (χ2n) is 9.53. The average molecular weight is 510 g/mol. The first-order chi connectivity index (χ1) is 17.2. The van der Waals surface area contributed by atoms with Gasteiger partial charge in [0, 0.05) is 67.8 Å². The maximum absolute atomic E-state index is 13.4. The van der Waals surface area contributed by atoms with Crippen LogP contribution in [0.1, 0.15) is 36.6 Å². The van der Waals surface area contributed by atoms with Crippen molar-refractivity contribution in [2.24, 2.45) is 5.92 Å². The number of sulfonamides is 1. The zero-order chi connectivity index (χ0) is 25.9. The lowest BCUT2D eigenvalue weighted by molar-refractivity contribution is 0.105. The van der Waals surface area contributed by atoms with Crippen LogP contribution >= 0.6 is 0 Å². The third-order valence-corrected chi connectivity index (χ3v) is 8.25. The van der Waals surface area contributed by atoms with E-state index in [1.807, 2.05) is 19.1 Å². The Bertz CT molecular complexity index is 1310. The molecule has 0 aliphatic carbocycles. The fourth-order valence-electron chi connectivity index (χ4n) is 4.66. The Morgan fingerprint density at radius 1 is 1.19 bits per heavy atom. The molecule has 1 saturated heterocycles. The molecule has 0 unspecified atom stereocenters. The van der Waals surface area contributed by atoms with Crippen molar-refractivity contribution in [2.75, 3.05) is 31.5 Å². The highest BCUT2D eigenvalue weighted by atomic mass is 32.2. The Morgan fingerprint density at radius 3 is 2.58 bits per heavy atom. The average Bonchev–Trinajstić information content (AvgIpc) is 2.86. The third-order valence-electron chi connectivity index (χ3n) is 6.40. The van der Waals surface area contributed by atoms with Crippen LogP contribution in [0, 0.1) is 24.1 Å². The number of hydrogen-bond donors (Lipinski definition) is 2. The predicted molar refractivity (Wildman–Crippen MR) is 141 cm³/mol. The lowest BCUT2D eigenvalue weighted by atomic mass is 9.94. The molecular weight excluding hydrogens is 477 g/mol. The van der Waals surface area contributed by atoms with E-state index in [1.165, 1.54) is 24.5 Å². The van der Waals surface area contributed by atoms with Crippen molar-refractivity contribution < 1.29 is 12.8 Å². The summed E-state index contributed by atoms with van der Waals surface area (Å²) in [7, 11) is -3.68. The Hall–Kier alpha value is -3.14. The number of hydrogen-bond acceptors (Lipinski definition) is 6. The molecule has 0 spiro atoms. The van der Waals surface area contributed by atoms with Gasteiger partial charge in [0.1, 0.15) is 10.7 Å². The molecule has 0 amide bonds. The molecule has 9 heteroatoms. The largest absolute Gasteiger partial charge is 0.355 e. The molecule has 2 heterocycles. The molecular formula is C27H32FN5O2S. The van der Waals surface area contributed by atoms with Gasteiger partial charge in [0.05, 0.1) is 0 Å². The van der Waals surface area contributed by atoms with Gasteiger partial charge in [-0.1, -0.05) is 13.8 Å². The number of aryl methyl sites for hydroxylation is 1. The first-order valence-corrected chi connectivity index (χ1v) is 13.4. The molecule has 0 radical (unpaired) electrons. The van der Waals surface area contributed by atoms with Crippen LogP contribution in [0.15, 0.2) is 65.8 Å². The number of anilines is 2. The highest BCUT2D eigenvalue weighted by Gasteiger charge is 2.36. The van der Waals surface area contributed by atoms with Crippen molar-refractivity contribution in [3.63, 3.8) is 0 Å². The monoisotopic (exact) mass is 509 g/mol. The minimum atomic E-state index is -3.68. The standard InChI is InChI=1S/C27H32FN5O2S/c1-19(2)17-32-11-12-33(36(34,35)24-5-4-10-30-16-24)18-27(32)25-14-21(15-29)26(13-20(25)3)31-23-8-6-22(28)7-9-23/h4-10,13-16,19,27,29,31H,11-12,17-18H2,1-3H3/t27-/m1/s1. The lowest BCUT2D eigenvalue weighted by Gasteiger charge is -2.42. The SMILES string of the molecule is Cc1cc(Nc2ccc(F)cc2)c(C=N)cc1[C@H]1CN(S(=O)(=O)c2cccnc2)CCN1CC(C)C. The van der Waals surface area contributed by atoms with E-state index in [2.05, 4.69) is 29.0 Å². The first kappa shape index (κ1) is 25.9. The van der Waals surface area contributed by atoms with E-state index in [0.717, 1.165) is 29.0 Å². The van der Waals surface area contributed by atoms with Gasteiger partial charge in [-0.15, -0.1) is 0 Å². The summed E-state index contributed by atoms with van der Waals surface area (Å²) in [6.07, 6.45) is 4.24. The molecule has 1 aromatic heterocycles. The summed E-state index contributed by atoms with van der Waals surface area (Å²) in [6.45, 7) is 8.47. The van der Waals surface area contributed by atoms with E-state index in [4.69, 9.17) is 5.41 Å². The molecule has 1 atom stereocenters. The Balaban J connectivity index is 1.69. The van der Waals surface area contributed by atoms with Crippen molar-refractivity contribution >= 4 is 27.6 Å². The van der Waals surface area contributed by atoms with Gasteiger partial charge in [-0.05, 0) is 72.5 Å². The van der Waals surface area contributed by atoms with Gasteiger partial charge in [0.2, 0.25) is 10.0 Å². The van der Waals surface area contributed by atoms with Crippen LogP contribution < -0.4 is 5.32 Å². The number of aromatic nitrogens is 1. The van der Waals surface area contributed by atoms with Crippen molar-refractivity contribution in [3.05, 3.63) is 83.4 Å². The van der Waals surface area contributed by atoms with Crippen LogP contribution in [-0.4, -0.2) is 55.0 Å². The molecule has 0 saturated carbocycles. The summed E-state index contributed by atoms with van der Waals surface area (Å²) in [5.41, 5.74) is 4.12. The van der Waals surface area contributed by atoms with E-state index in [1.54, 1.807) is 34.8 Å². The maximum atomic E-state index is 13.4. The van der Waals surface area contributed by atoms with E-state index < -0.39 is 10.0 Å². The Kier molecular flexibility index (Phi) is 7.82. The summed E-state index contributed by atoms with van der Waals surface area (Å²) in [6, 6.07) is 13.1. The maximum Gasteiger partial charge on any atom is 0.244 e. The summed E-state index contributed by atoms with van der Waals surface area (Å²) in [5, 5.41) is 11.3. The molecule has 7 nitrogen and oxygen atoms in total. The smallest absolute Gasteiger partial charge is 0.244 e. The molecule has 1 aliphatic rings. The highest BCUT2D eigenvalue weighted by molar-refractivity contribution is 7.89. The first-order valence-electron chi connectivity index (χ1n) is 12.0. The minimum absolute atomic E-state index is 0.161. The second kappa shape index (κ2) is 10.9. The lowest BCUT2D eigenvalue weighted by Crippen LogP contribution is -2.51. The molecule has 36 heavy (non-hydrogen) atoms. The van der Waals surface area contributed by atoms with E-state index in [-0.39, 0.29) is 16.8 Å². The summed E-state index contributed by atoms with van der Waals surface area (Å²) >= 11 is 0. The quantitative estimate of drug-likeness (QED) is 0.419. The van der Waals surface area contributed by atoms with Crippen LogP contribution in [0.25, 0.3) is 0 Å². The minimum Gasteiger partial charge on any atom is -0.355 e. The molecule has 2 aromatic carbocycles. The number of benzene rings is 2. The van der Waals surface area contributed by atoms with Crippen LogP contribution in [-0.2, 0) is 10.0 Å². The van der Waals surface area contributed by atoms with E-state index in [9.17, 15) is 12.8 Å². The van der Waals surface area contributed by atoms with Crippen LogP contribution in [0.5, 0.6) is 0 Å². The number of nitrogens with zero attached hydrogens (tertiary/aromatic N) is 3. The Labute approximate surface area is 212 Å². The van der Waals surface area contributed by atoms with Crippen LogP contribution in [0.4, 0.5) is 15.8 Å². The van der Waals surface area contributed by atoms with E-state index >= 15 is 0 Å². The molecule has 1 fully saturated rings. The highest BCUT2D eigenvalue weighted by Crippen LogP contribution is 2.34. The van der Waals surface area contributed by atoms with Gasteiger partial charge in [-0.25, -0.2) is 12.8 Å². The van der Waals surface area contributed by atoms with Crippen molar-refractivity contribution in [1.82, 2.24) is 14.2 Å². The van der Waals surface area contributed by atoms with Gasteiger partial charge in [-0.2, -0.15) is 4.31 Å². The molecule has 1 aliphatic heterocycles. The second-order valence-corrected chi connectivity index (χ2v) is 11.5. The van der Waals surface area contributed by atoms with Gasteiger partial charge in [-0.3, -0.25) is 9.88 Å². The summed E-state index contributed by atoms with van der Waals surface area (Å²) in [4.78, 5) is 6.52. The van der Waals surface area contributed by atoms with Gasteiger partial charge in [0.15, 0.2) is 0 Å².